The Balaban J connectivity index is 1.85. The minimum atomic E-state index is -1.02. The molecule has 0 saturated heterocycles. The molecule has 130 valence electrons. The first-order valence-electron chi connectivity index (χ1n) is 8.27. The maximum Gasteiger partial charge on any atom is 0.326 e. The fourth-order valence-electron chi connectivity index (χ4n) is 2.58. The summed E-state index contributed by atoms with van der Waals surface area (Å²) in [6.45, 7) is 1.72. The van der Waals surface area contributed by atoms with Gasteiger partial charge in [-0.15, -0.1) is 0 Å². The highest BCUT2D eigenvalue weighted by atomic mass is 16.4. The third kappa shape index (κ3) is 6.02. The van der Waals surface area contributed by atoms with E-state index >= 15 is 0 Å². The number of carboxylic acids is 1. The lowest BCUT2D eigenvalue weighted by Crippen LogP contribution is -2.47. The molecule has 0 aromatic heterocycles. The molecule has 1 saturated carbocycles. The predicted octanol–water partition coefficient (Wildman–Crippen LogP) is 1.45. The molecular formula is C18H24N2O4. The van der Waals surface area contributed by atoms with Crippen LogP contribution >= 0.6 is 0 Å². The largest absolute Gasteiger partial charge is 0.480 e. The summed E-state index contributed by atoms with van der Waals surface area (Å²) in [6.07, 6.45) is 3.16. The number of aliphatic carboxylic acids is 1. The van der Waals surface area contributed by atoms with Gasteiger partial charge >= 0.3 is 5.97 Å². The van der Waals surface area contributed by atoms with Crippen LogP contribution in [-0.2, 0) is 20.8 Å². The highest BCUT2D eigenvalue weighted by molar-refractivity contribution is 5.87. The second kappa shape index (κ2) is 8.47. The number of nitrogens with zero attached hydrogens (tertiary/aromatic N) is 1. The van der Waals surface area contributed by atoms with Gasteiger partial charge in [0.2, 0.25) is 11.8 Å². The summed E-state index contributed by atoms with van der Waals surface area (Å²) in [6, 6.07) is 8.84. The number of rotatable bonds is 9. The number of amides is 2. The summed E-state index contributed by atoms with van der Waals surface area (Å²) < 4.78 is 0. The standard InChI is InChI=1S/C18H24N2O4/c1-13(21)20(10-9-14-5-3-2-4-6-14)12-17(22)19-16(18(23)24)11-15-7-8-15/h2-6,15-16H,7-12H2,1H3,(H,19,22)(H,23,24). The Kier molecular flexibility index (Phi) is 6.35. The maximum absolute atomic E-state index is 12.1. The molecule has 0 bridgehead atoms. The van der Waals surface area contributed by atoms with Crippen molar-refractivity contribution >= 4 is 17.8 Å². The summed E-state index contributed by atoms with van der Waals surface area (Å²) in [4.78, 5) is 36.5. The lowest BCUT2D eigenvalue weighted by molar-refractivity contribution is -0.142. The van der Waals surface area contributed by atoms with Crippen molar-refractivity contribution in [3.8, 4) is 0 Å². The molecule has 1 aromatic carbocycles. The van der Waals surface area contributed by atoms with Crippen molar-refractivity contribution in [1.29, 1.82) is 0 Å². The van der Waals surface area contributed by atoms with Gasteiger partial charge in [-0.05, 0) is 24.3 Å². The number of carboxylic acid groups (broad SMARTS) is 1. The van der Waals surface area contributed by atoms with E-state index in [1.54, 1.807) is 0 Å². The summed E-state index contributed by atoms with van der Waals surface area (Å²) >= 11 is 0. The molecule has 2 N–H and O–H groups in total. The quantitative estimate of drug-likeness (QED) is 0.716. The molecule has 1 aliphatic rings. The van der Waals surface area contributed by atoms with E-state index in [4.69, 9.17) is 0 Å². The molecule has 1 unspecified atom stereocenters. The van der Waals surface area contributed by atoms with E-state index in [0.717, 1.165) is 18.4 Å². The monoisotopic (exact) mass is 332 g/mol. The Morgan fingerprint density at radius 1 is 1.25 bits per heavy atom. The number of hydrogen-bond donors (Lipinski definition) is 2. The Labute approximate surface area is 141 Å². The van der Waals surface area contributed by atoms with Crippen LogP contribution in [0.15, 0.2) is 30.3 Å². The van der Waals surface area contributed by atoms with Gasteiger partial charge in [0.05, 0.1) is 6.54 Å². The number of nitrogens with one attached hydrogen (secondary N) is 1. The highest BCUT2D eigenvalue weighted by Crippen LogP contribution is 2.33. The van der Waals surface area contributed by atoms with Gasteiger partial charge in [-0.25, -0.2) is 4.79 Å². The van der Waals surface area contributed by atoms with Crippen LogP contribution in [0.25, 0.3) is 0 Å². The topological polar surface area (TPSA) is 86.7 Å². The van der Waals surface area contributed by atoms with Gasteiger partial charge in [-0.1, -0.05) is 43.2 Å². The van der Waals surface area contributed by atoms with Crippen LogP contribution in [0.2, 0.25) is 0 Å². The zero-order valence-electron chi connectivity index (χ0n) is 13.9. The average Bonchev–Trinajstić information content (AvgIpc) is 3.35. The van der Waals surface area contributed by atoms with E-state index in [0.29, 0.717) is 25.3 Å². The van der Waals surface area contributed by atoms with Gasteiger partial charge in [0, 0.05) is 13.5 Å². The Bertz CT molecular complexity index is 584. The fraction of sp³-hybridized carbons (Fsp3) is 0.500. The van der Waals surface area contributed by atoms with E-state index < -0.39 is 17.9 Å². The molecular weight excluding hydrogens is 308 g/mol. The normalized spacial score (nSPS) is 14.7. The Morgan fingerprint density at radius 3 is 2.46 bits per heavy atom. The molecule has 1 fully saturated rings. The van der Waals surface area contributed by atoms with Crippen molar-refractivity contribution in [3.05, 3.63) is 35.9 Å². The number of hydrogen-bond acceptors (Lipinski definition) is 3. The van der Waals surface area contributed by atoms with Gasteiger partial charge < -0.3 is 15.3 Å². The number of carbonyl (C=O) groups is 3. The lowest BCUT2D eigenvalue weighted by atomic mass is 10.1. The molecule has 6 nitrogen and oxygen atoms in total. The Hall–Kier alpha value is -2.37. The van der Waals surface area contributed by atoms with Crippen molar-refractivity contribution in [2.75, 3.05) is 13.1 Å². The second-order valence-electron chi connectivity index (χ2n) is 6.31. The second-order valence-corrected chi connectivity index (χ2v) is 6.31. The zero-order chi connectivity index (χ0) is 17.5. The average molecular weight is 332 g/mol. The third-order valence-corrected chi connectivity index (χ3v) is 4.19. The summed E-state index contributed by atoms with van der Waals surface area (Å²) in [5.74, 6) is -1.25. The SMILES string of the molecule is CC(=O)N(CCc1ccccc1)CC(=O)NC(CC1CC1)C(=O)O. The smallest absolute Gasteiger partial charge is 0.326 e. The maximum atomic E-state index is 12.1. The predicted molar refractivity (Wildman–Crippen MR) is 89.3 cm³/mol. The van der Waals surface area contributed by atoms with Gasteiger partial charge in [0.15, 0.2) is 0 Å². The highest BCUT2D eigenvalue weighted by Gasteiger charge is 2.30. The minimum Gasteiger partial charge on any atom is -0.480 e. The van der Waals surface area contributed by atoms with Crippen LogP contribution in [0.1, 0.15) is 31.7 Å². The van der Waals surface area contributed by atoms with Crippen LogP contribution in [0.4, 0.5) is 0 Å². The van der Waals surface area contributed by atoms with E-state index in [2.05, 4.69) is 5.32 Å². The van der Waals surface area contributed by atoms with E-state index in [9.17, 15) is 19.5 Å². The van der Waals surface area contributed by atoms with E-state index in [1.807, 2.05) is 30.3 Å². The van der Waals surface area contributed by atoms with Crippen molar-refractivity contribution in [1.82, 2.24) is 10.2 Å². The number of benzene rings is 1. The van der Waals surface area contributed by atoms with Gasteiger partial charge in [-0.2, -0.15) is 0 Å². The van der Waals surface area contributed by atoms with Gasteiger partial charge in [0.1, 0.15) is 6.04 Å². The third-order valence-electron chi connectivity index (χ3n) is 4.19. The van der Waals surface area contributed by atoms with Crippen molar-refractivity contribution in [2.24, 2.45) is 5.92 Å². The molecule has 0 spiro atoms. The van der Waals surface area contributed by atoms with Gasteiger partial charge in [0.25, 0.3) is 0 Å². The molecule has 1 aliphatic carbocycles. The molecule has 2 rings (SSSR count). The molecule has 1 aromatic rings. The molecule has 1 atom stereocenters. The lowest BCUT2D eigenvalue weighted by Gasteiger charge is -2.22. The van der Waals surface area contributed by atoms with Crippen LogP contribution < -0.4 is 5.32 Å². The van der Waals surface area contributed by atoms with Crippen LogP contribution in [0.3, 0.4) is 0 Å². The molecule has 2 amide bonds. The summed E-state index contributed by atoms with van der Waals surface area (Å²) in [5, 5.41) is 11.7. The molecule has 0 aliphatic heterocycles. The number of carbonyl (C=O) groups excluding carboxylic acids is 2. The fourth-order valence-corrected chi connectivity index (χ4v) is 2.58. The van der Waals surface area contributed by atoms with Crippen LogP contribution in [-0.4, -0.2) is 46.9 Å². The molecule has 24 heavy (non-hydrogen) atoms. The zero-order valence-corrected chi connectivity index (χ0v) is 13.9. The first-order chi connectivity index (χ1) is 11.5. The molecule has 0 heterocycles. The molecule has 6 heteroatoms. The van der Waals surface area contributed by atoms with Crippen molar-refractivity contribution in [2.45, 2.75) is 38.6 Å². The summed E-state index contributed by atoms with van der Waals surface area (Å²) in [5.41, 5.74) is 1.08. The summed E-state index contributed by atoms with van der Waals surface area (Å²) in [7, 11) is 0. The Morgan fingerprint density at radius 2 is 1.92 bits per heavy atom. The van der Waals surface area contributed by atoms with Crippen LogP contribution in [0, 0.1) is 5.92 Å². The van der Waals surface area contributed by atoms with E-state index in [1.165, 1.54) is 11.8 Å². The van der Waals surface area contributed by atoms with Crippen molar-refractivity contribution in [3.63, 3.8) is 0 Å². The van der Waals surface area contributed by atoms with E-state index in [-0.39, 0.29) is 12.5 Å². The van der Waals surface area contributed by atoms with Crippen LogP contribution in [0.5, 0.6) is 0 Å². The van der Waals surface area contributed by atoms with Crippen molar-refractivity contribution < 1.29 is 19.5 Å². The first-order valence-corrected chi connectivity index (χ1v) is 8.27. The van der Waals surface area contributed by atoms with Gasteiger partial charge in [-0.3, -0.25) is 9.59 Å². The molecule has 0 radical (unpaired) electrons. The minimum absolute atomic E-state index is 0.114. The first kappa shape index (κ1) is 18.0.